The number of fused-ring (bicyclic) bond motifs is 3. The minimum Gasteiger partial charge on any atom is -0.493 e. The molecule has 4 unspecified atom stereocenters. The molecule has 2 aromatic carbocycles. The smallest absolute Gasteiger partial charge is 0.223 e. The summed E-state index contributed by atoms with van der Waals surface area (Å²) in [5.41, 5.74) is 11.9. The van der Waals surface area contributed by atoms with Gasteiger partial charge >= 0.3 is 0 Å². The Kier molecular flexibility index (Phi) is 6.15. The summed E-state index contributed by atoms with van der Waals surface area (Å²) in [4.78, 5) is 15.9. The van der Waals surface area contributed by atoms with Gasteiger partial charge in [0.15, 0.2) is 0 Å². The minimum absolute atomic E-state index is 0.0853. The van der Waals surface area contributed by atoms with Crippen LogP contribution in [0, 0.1) is 11.8 Å². The van der Waals surface area contributed by atoms with Crippen LogP contribution in [0.1, 0.15) is 54.8 Å². The molecule has 3 fully saturated rings. The molecule has 0 spiro atoms. The zero-order valence-corrected chi connectivity index (χ0v) is 21.2. The van der Waals surface area contributed by atoms with E-state index in [1.54, 1.807) is 6.26 Å². The molecule has 3 aromatic rings. The third-order valence-electron chi connectivity index (χ3n) is 8.97. The van der Waals surface area contributed by atoms with E-state index in [2.05, 4.69) is 57.5 Å². The first-order valence-electron chi connectivity index (χ1n) is 14.0. The van der Waals surface area contributed by atoms with Gasteiger partial charge in [0, 0.05) is 42.9 Å². The number of carbonyl (C=O) groups is 1. The van der Waals surface area contributed by atoms with Crippen LogP contribution in [0.2, 0.25) is 0 Å². The molecule has 4 aliphatic rings. The predicted octanol–water partition coefficient (Wildman–Crippen LogP) is 4.08. The van der Waals surface area contributed by atoms with Crippen molar-refractivity contribution in [1.29, 1.82) is 0 Å². The number of benzene rings is 2. The molecule has 7 rings (SSSR count). The average Bonchev–Trinajstić information content (AvgIpc) is 3.67. The summed E-state index contributed by atoms with van der Waals surface area (Å²) in [7, 11) is 0. The van der Waals surface area contributed by atoms with E-state index in [9.17, 15) is 4.79 Å². The Morgan fingerprint density at radius 1 is 1.08 bits per heavy atom. The molecule has 1 amide bonds. The Morgan fingerprint density at radius 2 is 2.05 bits per heavy atom. The molecule has 1 saturated carbocycles. The number of nitrogens with one attached hydrogen (secondary N) is 3. The summed E-state index contributed by atoms with van der Waals surface area (Å²) in [6.07, 6.45) is 7.82. The maximum absolute atomic E-state index is 13.4. The van der Waals surface area contributed by atoms with Gasteiger partial charge in [-0.3, -0.25) is 15.1 Å². The highest BCUT2D eigenvalue weighted by Gasteiger charge is 2.43. The fraction of sp³-hybridized carbons (Fsp3) is 0.500. The molecule has 4 heterocycles. The minimum atomic E-state index is 0.0853. The first kappa shape index (κ1) is 23.3. The molecule has 1 aliphatic carbocycles. The summed E-state index contributed by atoms with van der Waals surface area (Å²) >= 11 is 0. The first-order valence-corrected chi connectivity index (χ1v) is 14.0. The molecular weight excluding hydrogens is 464 g/mol. The lowest BCUT2D eigenvalue weighted by atomic mass is 9.74. The van der Waals surface area contributed by atoms with Crippen LogP contribution in [0.3, 0.4) is 0 Å². The van der Waals surface area contributed by atoms with Crippen molar-refractivity contribution in [2.24, 2.45) is 11.8 Å². The van der Waals surface area contributed by atoms with Crippen molar-refractivity contribution in [3.05, 3.63) is 65.4 Å². The van der Waals surface area contributed by atoms with Gasteiger partial charge in [0.05, 0.1) is 18.9 Å². The molecule has 2 saturated heterocycles. The molecule has 5 atom stereocenters. The monoisotopic (exact) mass is 500 g/mol. The Hall–Kier alpha value is -2.87. The summed E-state index contributed by atoms with van der Waals surface area (Å²) in [5, 5.41) is 4.60. The van der Waals surface area contributed by atoms with Gasteiger partial charge in [-0.1, -0.05) is 18.2 Å². The maximum Gasteiger partial charge on any atom is 0.223 e. The normalized spacial score (nSPS) is 29.6. The summed E-state index contributed by atoms with van der Waals surface area (Å²) < 4.78 is 11.2. The Morgan fingerprint density at radius 3 is 3.03 bits per heavy atom. The van der Waals surface area contributed by atoms with Crippen molar-refractivity contribution < 1.29 is 13.9 Å². The van der Waals surface area contributed by atoms with Gasteiger partial charge in [0.1, 0.15) is 11.3 Å². The quantitative estimate of drug-likeness (QED) is 0.490. The van der Waals surface area contributed by atoms with Crippen LogP contribution in [0.4, 0.5) is 0 Å². The van der Waals surface area contributed by atoms with E-state index in [1.807, 2.05) is 6.07 Å². The number of ether oxygens (including phenoxy) is 1. The zero-order valence-electron chi connectivity index (χ0n) is 21.2. The van der Waals surface area contributed by atoms with Crippen molar-refractivity contribution in [3.63, 3.8) is 0 Å². The van der Waals surface area contributed by atoms with Crippen LogP contribution in [0.15, 0.2) is 53.1 Å². The maximum atomic E-state index is 13.4. The number of nitrogens with zero attached hydrogens (tertiary/aromatic N) is 1. The average molecular weight is 501 g/mol. The van der Waals surface area contributed by atoms with Crippen LogP contribution >= 0.6 is 0 Å². The molecule has 3 aliphatic heterocycles. The van der Waals surface area contributed by atoms with Crippen molar-refractivity contribution in [2.45, 2.75) is 63.2 Å². The topological polar surface area (TPSA) is 78.8 Å². The van der Waals surface area contributed by atoms with Crippen LogP contribution in [-0.2, 0) is 17.8 Å². The standard InChI is InChI=1S/C30H36N4O3/c35-30(31-24-2-1-11-34(18-24)17-19-3-7-27-20(14-19)9-12-36-27)23-4-6-26-25(16-23)29(33-32-26)22-5-8-28-21(15-22)10-13-37-28/h3,5,7-9,12,14-15,23-26,29,32-33H,1-2,4,6,10-11,13,16-18H2,(H,31,35)/t23?,24-,25?,26?,29?/m1/s1. The largest absolute Gasteiger partial charge is 0.493 e. The third kappa shape index (κ3) is 4.65. The fourth-order valence-corrected chi connectivity index (χ4v) is 7.03. The summed E-state index contributed by atoms with van der Waals surface area (Å²) in [5.74, 6) is 1.78. The second-order valence-corrected chi connectivity index (χ2v) is 11.4. The molecule has 37 heavy (non-hydrogen) atoms. The lowest BCUT2D eigenvalue weighted by Gasteiger charge is -2.36. The molecule has 1 aromatic heterocycles. The third-order valence-corrected chi connectivity index (χ3v) is 8.97. The molecular formula is C30H36N4O3. The molecule has 0 radical (unpaired) electrons. The number of furan rings is 1. The highest BCUT2D eigenvalue weighted by atomic mass is 16.5. The van der Waals surface area contributed by atoms with Crippen LogP contribution < -0.4 is 20.9 Å². The van der Waals surface area contributed by atoms with Gasteiger partial charge < -0.3 is 14.5 Å². The van der Waals surface area contributed by atoms with E-state index in [-0.39, 0.29) is 23.9 Å². The van der Waals surface area contributed by atoms with Gasteiger partial charge in [0.25, 0.3) is 0 Å². The number of piperidine rings is 1. The van der Waals surface area contributed by atoms with E-state index in [1.165, 1.54) is 16.7 Å². The SMILES string of the molecule is O=C(N[C@@H]1CCCN(Cc2ccc3occc3c2)C1)C1CCC2NNC(c3ccc4c(c3)CCO4)C2C1. The van der Waals surface area contributed by atoms with E-state index >= 15 is 0 Å². The van der Waals surface area contributed by atoms with Crippen LogP contribution in [0.25, 0.3) is 11.0 Å². The number of carbonyl (C=O) groups excluding carboxylic acids is 1. The van der Waals surface area contributed by atoms with E-state index < -0.39 is 0 Å². The van der Waals surface area contributed by atoms with Crippen molar-refractivity contribution in [3.8, 4) is 5.75 Å². The number of amides is 1. The zero-order chi connectivity index (χ0) is 24.8. The lowest BCUT2D eigenvalue weighted by molar-refractivity contribution is -0.127. The molecule has 194 valence electrons. The van der Waals surface area contributed by atoms with Crippen molar-refractivity contribution in [2.75, 3.05) is 19.7 Å². The second-order valence-electron chi connectivity index (χ2n) is 11.4. The molecule has 3 N–H and O–H groups in total. The number of hydrogen-bond donors (Lipinski definition) is 3. The number of rotatable bonds is 5. The highest BCUT2D eigenvalue weighted by Crippen LogP contribution is 2.41. The number of likely N-dealkylation sites (tertiary alicyclic amines) is 1. The van der Waals surface area contributed by atoms with E-state index in [0.717, 1.165) is 81.5 Å². The van der Waals surface area contributed by atoms with Crippen molar-refractivity contribution >= 4 is 16.9 Å². The number of hydrogen-bond acceptors (Lipinski definition) is 6. The molecule has 0 bridgehead atoms. The fourth-order valence-electron chi connectivity index (χ4n) is 7.03. The molecule has 7 heteroatoms. The highest BCUT2D eigenvalue weighted by molar-refractivity contribution is 5.79. The Bertz CT molecular complexity index is 1290. The summed E-state index contributed by atoms with van der Waals surface area (Å²) in [6, 6.07) is 15.9. The van der Waals surface area contributed by atoms with Gasteiger partial charge in [-0.15, -0.1) is 0 Å². The van der Waals surface area contributed by atoms with E-state index in [4.69, 9.17) is 9.15 Å². The summed E-state index contributed by atoms with van der Waals surface area (Å²) in [6.45, 7) is 3.68. The van der Waals surface area contributed by atoms with Gasteiger partial charge in [-0.25, -0.2) is 5.43 Å². The lowest BCUT2D eigenvalue weighted by Crippen LogP contribution is -2.50. The van der Waals surface area contributed by atoms with Crippen molar-refractivity contribution in [1.82, 2.24) is 21.1 Å². The molecule has 7 nitrogen and oxygen atoms in total. The first-order chi connectivity index (χ1) is 18.2. The van der Waals surface area contributed by atoms with Gasteiger partial charge in [-0.05, 0) is 85.5 Å². The van der Waals surface area contributed by atoms with Gasteiger partial charge in [-0.2, -0.15) is 0 Å². The van der Waals surface area contributed by atoms with Crippen LogP contribution in [-0.4, -0.2) is 42.6 Å². The number of hydrazine groups is 1. The Labute approximate surface area is 217 Å². The predicted molar refractivity (Wildman–Crippen MR) is 142 cm³/mol. The van der Waals surface area contributed by atoms with Crippen LogP contribution in [0.5, 0.6) is 5.75 Å². The Balaban J connectivity index is 0.970. The van der Waals surface area contributed by atoms with Gasteiger partial charge in [0.2, 0.25) is 5.91 Å². The second kappa shape index (κ2) is 9.78. The van der Waals surface area contributed by atoms with E-state index in [0.29, 0.717) is 12.0 Å².